The van der Waals surface area contributed by atoms with Crippen LogP contribution in [0.25, 0.3) is 0 Å². The van der Waals surface area contributed by atoms with Crippen LogP contribution in [-0.4, -0.2) is 42.2 Å². The summed E-state index contributed by atoms with van der Waals surface area (Å²) in [5, 5.41) is 8.99. The minimum atomic E-state index is -0.0798. The van der Waals surface area contributed by atoms with Gasteiger partial charge in [0.2, 0.25) is 0 Å². The number of hydrogen-bond donors (Lipinski definition) is 1. The van der Waals surface area contributed by atoms with E-state index in [2.05, 4.69) is 18.2 Å². The molecule has 1 atom stereocenters. The molecule has 0 saturated heterocycles. The van der Waals surface area contributed by atoms with Crippen LogP contribution in [0.2, 0.25) is 0 Å². The standard InChI is InChI=1S/C18H23NO2S/c1-19(2)16-12-15(9-8-14-6-4-3-5-7-14)18(21)17(13-16)22-11-10-20/h3-7,12-13,15,20H,8-11H2,1-2H3. The molecule has 1 aliphatic rings. The number of aryl methyl sites for hydroxylation is 1. The molecule has 0 aromatic heterocycles. The minimum absolute atomic E-state index is 0.0798. The Balaban J connectivity index is 2.09. The Labute approximate surface area is 136 Å². The van der Waals surface area contributed by atoms with Crippen LogP contribution in [0.15, 0.2) is 53.1 Å². The molecule has 3 nitrogen and oxygen atoms in total. The molecule has 1 unspecified atom stereocenters. The predicted octanol–water partition coefficient (Wildman–Crippen LogP) is 2.87. The van der Waals surface area contributed by atoms with E-state index in [4.69, 9.17) is 5.11 Å². The van der Waals surface area contributed by atoms with Crippen LogP contribution in [0.4, 0.5) is 0 Å². The predicted molar refractivity (Wildman–Crippen MR) is 92.7 cm³/mol. The smallest absolute Gasteiger partial charge is 0.176 e. The van der Waals surface area contributed by atoms with Crippen molar-refractivity contribution in [3.8, 4) is 0 Å². The topological polar surface area (TPSA) is 40.5 Å². The summed E-state index contributed by atoms with van der Waals surface area (Å²) in [7, 11) is 3.97. The lowest BCUT2D eigenvalue weighted by Crippen LogP contribution is -2.23. The number of carbonyl (C=O) groups is 1. The zero-order valence-electron chi connectivity index (χ0n) is 13.2. The molecule has 0 aliphatic heterocycles. The molecule has 1 aliphatic carbocycles. The van der Waals surface area contributed by atoms with E-state index in [-0.39, 0.29) is 18.3 Å². The van der Waals surface area contributed by atoms with Gasteiger partial charge < -0.3 is 10.0 Å². The van der Waals surface area contributed by atoms with E-state index < -0.39 is 0 Å². The van der Waals surface area contributed by atoms with Gasteiger partial charge in [0.25, 0.3) is 0 Å². The van der Waals surface area contributed by atoms with Crippen molar-refractivity contribution in [1.29, 1.82) is 0 Å². The molecule has 2 rings (SSSR count). The summed E-state index contributed by atoms with van der Waals surface area (Å²) >= 11 is 1.45. The van der Waals surface area contributed by atoms with Crippen LogP contribution < -0.4 is 0 Å². The second-order valence-electron chi connectivity index (χ2n) is 5.56. The first-order valence-electron chi connectivity index (χ1n) is 7.54. The summed E-state index contributed by atoms with van der Waals surface area (Å²) in [6, 6.07) is 10.3. The quantitative estimate of drug-likeness (QED) is 0.839. The van der Waals surface area contributed by atoms with Gasteiger partial charge in [-0.05, 0) is 24.5 Å². The number of hydrogen-bond acceptors (Lipinski definition) is 4. The maximum Gasteiger partial charge on any atom is 0.176 e. The molecule has 0 saturated carbocycles. The normalized spacial score (nSPS) is 18.0. The summed E-state index contributed by atoms with van der Waals surface area (Å²) < 4.78 is 0. The number of thioether (sulfide) groups is 1. The SMILES string of the molecule is CN(C)C1=CC(CCc2ccccc2)C(=O)C(SCCO)=C1. The average Bonchev–Trinajstić information content (AvgIpc) is 2.53. The number of Topliss-reactive ketones (excluding diaryl/α,β-unsaturated/α-hetero) is 1. The highest BCUT2D eigenvalue weighted by Gasteiger charge is 2.25. The molecule has 118 valence electrons. The zero-order chi connectivity index (χ0) is 15.9. The van der Waals surface area contributed by atoms with Crippen LogP contribution in [0.1, 0.15) is 12.0 Å². The van der Waals surface area contributed by atoms with Gasteiger partial charge in [-0.2, -0.15) is 0 Å². The molecule has 1 aromatic rings. The fourth-order valence-corrected chi connectivity index (χ4v) is 3.25. The number of benzene rings is 1. The third-order valence-electron chi connectivity index (χ3n) is 3.68. The molecule has 1 aromatic carbocycles. The van der Waals surface area contributed by atoms with Crippen molar-refractivity contribution in [2.24, 2.45) is 5.92 Å². The van der Waals surface area contributed by atoms with Gasteiger partial charge in [0.1, 0.15) is 0 Å². The van der Waals surface area contributed by atoms with E-state index in [9.17, 15) is 4.79 Å². The minimum Gasteiger partial charge on any atom is -0.396 e. The fourth-order valence-electron chi connectivity index (χ4n) is 2.45. The van der Waals surface area contributed by atoms with E-state index in [1.165, 1.54) is 17.3 Å². The molecule has 0 bridgehead atoms. The molecule has 0 heterocycles. The van der Waals surface area contributed by atoms with Gasteiger partial charge in [0.05, 0.1) is 11.5 Å². The Morgan fingerprint density at radius 3 is 2.59 bits per heavy atom. The van der Waals surface area contributed by atoms with Crippen molar-refractivity contribution >= 4 is 17.5 Å². The lowest BCUT2D eigenvalue weighted by Gasteiger charge is -2.24. The van der Waals surface area contributed by atoms with Gasteiger partial charge in [-0.1, -0.05) is 36.4 Å². The maximum absolute atomic E-state index is 12.6. The largest absolute Gasteiger partial charge is 0.396 e. The van der Waals surface area contributed by atoms with Gasteiger partial charge >= 0.3 is 0 Å². The highest BCUT2D eigenvalue weighted by molar-refractivity contribution is 8.04. The van der Waals surface area contributed by atoms with Gasteiger partial charge in [-0.3, -0.25) is 4.79 Å². The number of aliphatic hydroxyl groups excluding tert-OH is 1. The number of carbonyl (C=O) groups excluding carboxylic acids is 1. The Hall–Kier alpha value is -1.52. The second-order valence-corrected chi connectivity index (χ2v) is 6.70. The number of allylic oxidation sites excluding steroid dienone is 3. The Morgan fingerprint density at radius 2 is 1.95 bits per heavy atom. The lowest BCUT2D eigenvalue weighted by molar-refractivity contribution is -0.117. The number of nitrogens with zero attached hydrogens (tertiary/aromatic N) is 1. The highest BCUT2D eigenvalue weighted by Crippen LogP contribution is 2.30. The zero-order valence-corrected chi connectivity index (χ0v) is 14.0. The first-order valence-corrected chi connectivity index (χ1v) is 8.53. The van der Waals surface area contributed by atoms with Crippen LogP contribution >= 0.6 is 11.8 Å². The number of rotatable bonds is 7. The molecule has 4 heteroatoms. The van der Waals surface area contributed by atoms with E-state index in [0.717, 1.165) is 23.4 Å². The van der Waals surface area contributed by atoms with E-state index in [1.54, 1.807) is 0 Å². The van der Waals surface area contributed by atoms with Crippen molar-refractivity contribution in [2.45, 2.75) is 12.8 Å². The van der Waals surface area contributed by atoms with Gasteiger partial charge in [0, 0.05) is 31.5 Å². The van der Waals surface area contributed by atoms with Crippen molar-refractivity contribution in [3.05, 3.63) is 58.6 Å². The van der Waals surface area contributed by atoms with Crippen molar-refractivity contribution < 1.29 is 9.90 Å². The number of ketones is 1. The summed E-state index contributed by atoms with van der Waals surface area (Å²) in [6.45, 7) is 0.0883. The lowest BCUT2D eigenvalue weighted by atomic mass is 9.91. The van der Waals surface area contributed by atoms with Gasteiger partial charge in [-0.25, -0.2) is 0 Å². The number of aliphatic hydroxyl groups is 1. The van der Waals surface area contributed by atoms with Crippen LogP contribution in [0.5, 0.6) is 0 Å². The second kappa shape index (κ2) is 8.20. The Bertz CT molecular complexity index is 564. The summed E-state index contributed by atoms with van der Waals surface area (Å²) in [5.41, 5.74) is 2.33. The van der Waals surface area contributed by atoms with Gasteiger partial charge in [-0.15, -0.1) is 11.8 Å². The third kappa shape index (κ3) is 4.49. The van der Waals surface area contributed by atoms with E-state index in [1.807, 2.05) is 43.3 Å². The van der Waals surface area contributed by atoms with Crippen molar-refractivity contribution in [3.63, 3.8) is 0 Å². The average molecular weight is 317 g/mol. The van der Waals surface area contributed by atoms with E-state index >= 15 is 0 Å². The Kier molecular flexibility index (Phi) is 6.28. The maximum atomic E-state index is 12.6. The monoisotopic (exact) mass is 317 g/mol. The van der Waals surface area contributed by atoms with Crippen LogP contribution in [0, 0.1) is 5.92 Å². The summed E-state index contributed by atoms with van der Waals surface area (Å²) in [5.74, 6) is 0.660. The molecule has 0 amide bonds. The molecule has 0 fully saturated rings. The first kappa shape index (κ1) is 16.8. The first-order chi connectivity index (χ1) is 10.6. The fraction of sp³-hybridized carbons (Fsp3) is 0.389. The molecule has 22 heavy (non-hydrogen) atoms. The van der Waals surface area contributed by atoms with Gasteiger partial charge in [0.15, 0.2) is 5.78 Å². The van der Waals surface area contributed by atoms with Crippen LogP contribution in [0.3, 0.4) is 0 Å². The molecular formula is C18H23NO2S. The Morgan fingerprint density at radius 1 is 1.23 bits per heavy atom. The van der Waals surface area contributed by atoms with Crippen LogP contribution in [-0.2, 0) is 11.2 Å². The number of likely N-dealkylation sites (N-methyl/N-ethyl adjacent to an activating group) is 1. The highest BCUT2D eigenvalue weighted by atomic mass is 32.2. The summed E-state index contributed by atoms with van der Waals surface area (Å²) in [4.78, 5) is 15.4. The molecule has 1 N–H and O–H groups in total. The van der Waals surface area contributed by atoms with Crippen molar-refractivity contribution in [2.75, 3.05) is 26.5 Å². The van der Waals surface area contributed by atoms with E-state index in [0.29, 0.717) is 5.75 Å². The summed E-state index contributed by atoms with van der Waals surface area (Å²) in [6.07, 6.45) is 5.71. The molecule has 0 spiro atoms. The van der Waals surface area contributed by atoms with Crippen molar-refractivity contribution in [1.82, 2.24) is 4.90 Å². The third-order valence-corrected chi connectivity index (χ3v) is 4.70. The molecule has 0 radical (unpaired) electrons. The molecular weight excluding hydrogens is 294 g/mol.